The number of halogens is 1. The first-order valence-corrected chi connectivity index (χ1v) is 10.4. The number of amides is 1. The maximum atomic E-state index is 13.8. The van der Waals surface area contributed by atoms with E-state index in [9.17, 15) is 17.6 Å². The number of sulfonamides is 1. The summed E-state index contributed by atoms with van der Waals surface area (Å²) in [5.74, 6) is -0.769. The van der Waals surface area contributed by atoms with E-state index >= 15 is 0 Å². The molecule has 0 fully saturated rings. The topological polar surface area (TPSA) is 75.3 Å². The van der Waals surface area contributed by atoms with E-state index in [-0.39, 0.29) is 6.42 Å². The van der Waals surface area contributed by atoms with Gasteiger partial charge < -0.3 is 5.32 Å². The summed E-state index contributed by atoms with van der Waals surface area (Å²) in [6, 6.07) is 12.8. The Labute approximate surface area is 151 Å². The van der Waals surface area contributed by atoms with Crippen LogP contribution in [0.1, 0.15) is 6.42 Å². The molecule has 0 aliphatic heterocycles. The van der Waals surface area contributed by atoms with Crippen molar-refractivity contribution in [3.05, 3.63) is 60.4 Å². The second-order valence-electron chi connectivity index (χ2n) is 5.24. The Bertz CT molecular complexity index is 814. The van der Waals surface area contributed by atoms with Gasteiger partial charge in [-0.2, -0.15) is 16.5 Å². The summed E-state index contributed by atoms with van der Waals surface area (Å²) >= 11 is 1.49. The van der Waals surface area contributed by atoms with Gasteiger partial charge in [0.1, 0.15) is 16.8 Å². The molecule has 0 spiro atoms. The van der Waals surface area contributed by atoms with Crippen LogP contribution in [0.25, 0.3) is 0 Å². The lowest BCUT2D eigenvalue weighted by atomic mass is 10.2. The van der Waals surface area contributed by atoms with E-state index in [1.54, 1.807) is 24.3 Å². The lowest BCUT2D eigenvalue weighted by molar-refractivity contribution is -0.117. The standard InChI is InChI=1S/C17H19FN2O3S2/c1-24-12-11-15(17(21)19-13-7-3-2-4-8-13)20-25(22,23)16-10-6-5-9-14(16)18/h2-10,15,20H,11-12H2,1H3,(H,19,21). The van der Waals surface area contributed by atoms with Crippen molar-refractivity contribution in [1.29, 1.82) is 0 Å². The summed E-state index contributed by atoms with van der Waals surface area (Å²) in [5, 5.41) is 2.67. The van der Waals surface area contributed by atoms with E-state index in [0.29, 0.717) is 11.4 Å². The molecule has 25 heavy (non-hydrogen) atoms. The van der Waals surface area contributed by atoms with Crippen LogP contribution >= 0.6 is 11.8 Å². The van der Waals surface area contributed by atoms with E-state index < -0.39 is 32.7 Å². The maximum absolute atomic E-state index is 13.8. The van der Waals surface area contributed by atoms with E-state index in [4.69, 9.17) is 0 Å². The molecule has 0 heterocycles. The molecule has 1 atom stereocenters. The quantitative estimate of drug-likeness (QED) is 0.736. The molecule has 0 aliphatic rings. The molecule has 0 saturated carbocycles. The summed E-state index contributed by atoms with van der Waals surface area (Å²) < 4.78 is 41.0. The van der Waals surface area contributed by atoms with Crippen LogP contribution in [0.5, 0.6) is 0 Å². The number of nitrogens with one attached hydrogen (secondary N) is 2. The second-order valence-corrected chi connectivity index (χ2v) is 7.91. The lowest BCUT2D eigenvalue weighted by Gasteiger charge is -2.18. The second kappa shape index (κ2) is 8.98. The number of para-hydroxylation sites is 1. The third-order valence-electron chi connectivity index (χ3n) is 3.39. The van der Waals surface area contributed by atoms with Gasteiger partial charge in [-0.3, -0.25) is 4.79 Å². The maximum Gasteiger partial charge on any atom is 0.244 e. The Kier molecular flexibility index (Phi) is 6.98. The average molecular weight is 382 g/mol. The molecular formula is C17H19FN2O3S2. The Morgan fingerprint density at radius 2 is 1.76 bits per heavy atom. The van der Waals surface area contributed by atoms with Gasteiger partial charge in [0.25, 0.3) is 0 Å². The zero-order chi connectivity index (χ0) is 18.3. The number of hydrogen-bond donors (Lipinski definition) is 2. The number of carbonyl (C=O) groups is 1. The van der Waals surface area contributed by atoms with Gasteiger partial charge >= 0.3 is 0 Å². The number of anilines is 1. The van der Waals surface area contributed by atoms with Crippen LogP contribution < -0.4 is 10.0 Å². The third kappa shape index (κ3) is 5.55. The average Bonchev–Trinajstić information content (AvgIpc) is 2.59. The van der Waals surface area contributed by atoms with Crippen LogP contribution in [0.15, 0.2) is 59.5 Å². The number of hydrogen-bond acceptors (Lipinski definition) is 4. The van der Waals surface area contributed by atoms with Gasteiger partial charge in [0.2, 0.25) is 15.9 Å². The number of carbonyl (C=O) groups excluding carboxylic acids is 1. The minimum atomic E-state index is -4.15. The van der Waals surface area contributed by atoms with Crippen molar-refractivity contribution >= 4 is 33.4 Å². The Morgan fingerprint density at radius 1 is 1.12 bits per heavy atom. The molecule has 1 unspecified atom stereocenters. The molecule has 2 aromatic carbocycles. The van der Waals surface area contributed by atoms with E-state index in [2.05, 4.69) is 10.0 Å². The molecule has 2 N–H and O–H groups in total. The molecule has 8 heteroatoms. The minimum Gasteiger partial charge on any atom is -0.325 e. The highest BCUT2D eigenvalue weighted by Gasteiger charge is 2.27. The van der Waals surface area contributed by atoms with Crippen molar-refractivity contribution in [2.75, 3.05) is 17.3 Å². The van der Waals surface area contributed by atoms with Gasteiger partial charge in [-0.15, -0.1) is 0 Å². The van der Waals surface area contributed by atoms with Crippen molar-refractivity contribution in [3.63, 3.8) is 0 Å². The van der Waals surface area contributed by atoms with Crippen molar-refractivity contribution in [3.8, 4) is 0 Å². The summed E-state index contributed by atoms with van der Waals surface area (Å²) in [7, 11) is -4.15. The lowest BCUT2D eigenvalue weighted by Crippen LogP contribution is -2.44. The van der Waals surface area contributed by atoms with Crippen LogP contribution in [0.2, 0.25) is 0 Å². The molecule has 0 aliphatic carbocycles. The fraction of sp³-hybridized carbons (Fsp3) is 0.235. The molecule has 0 aromatic heterocycles. The third-order valence-corrected chi connectivity index (χ3v) is 5.54. The van der Waals surface area contributed by atoms with E-state index in [1.165, 1.54) is 30.0 Å². The molecule has 2 rings (SSSR count). The summed E-state index contributed by atoms with van der Waals surface area (Å²) in [4.78, 5) is 12.0. The van der Waals surface area contributed by atoms with Gasteiger partial charge in [-0.05, 0) is 42.7 Å². The fourth-order valence-electron chi connectivity index (χ4n) is 2.14. The normalized spacial score (nSPS) is 12.6. The molecule has 1 amide bonds. The Hall–Kier alpha value is -1.90. The van der Waals surface area contributed by atoms with Gasteiger partial charge in [0, 0.05) is 5.69 Å². The van der Waals surface area contributed by atoms with Gasteiger partial charge in [0.15, 0.2) is 0 Å². The summed E-state index contributed by atoms with van der Waals surface area (Å²) in [6.45, 7) is 0. The highest BCUT2D eigenvalue weighted by atomic mass is 32.2. The summed E-state index contributed by atoms with van der Waals surface area (Å²) in [5.41, 5.74) is 0.562. The molecule has 134 valence electrons. The highest BCUT2D eigenvalue weighted by molar-refractivity contribution is 7.98. The van der Waals surface area contributed by atoms with Crippen molar-refractivity contribution < 1.29 is 17.6 Å². The van der Waals surface area contributed by atoms with Gasteiger partial charge in [-0.25, -0.2) is 12.8 Å². The van der Waals surface area contributed by atoms with Crippen molar-refractivity contribution in [2.45, 2.75) is 17.4 Å². The first-order valence-electron chi connectivity index (χ1n) is 7.56. The van der Waals surface area contributed by atoms with Crippen molar-refractivity contribution in [1.82, 2.24) is 4.72 Å². The molecule has 0 bridgehead atoms. The Morgan fingerprint density at radius 3 is 2.40 bits per heavy atom. The first kappa shape index (κ1) is 19.4. The van der Waals surface area contributed by atoms with Crippen LogP contribution in [0.4, 0.5) is 10.1 Å². The first-order chi connectivity index (χ1) is 11.9. The molecule has 5 nitrogen and oxygen atoms in total. The zero-order valence-electron chi connectivity index (χ0n) is 13.6. The highest BCUT2D eigenvalue weighted by Crippen LogP contribution is 2.16. The SMILES string of the molecule is CSCCC(NS(=O)(=O)c1ccccc1F)C(=O)Nc1ccccc1. The van der Waals surface area contributed by atoms with Crippen LogP contribution in [0.3, 0.4) is 0 Å². The predicted octanol–water partition coefficient (Wildman–Crippen LogP) is 2.86. The molecular weight excluding hydrogens is 363 g/mol. The minimum absolute atomic E-state index is 0.285. The Balaban J connectivity index is 2.19. The van der Waals surface area contributed by atoms with Crippen LogP contribution in [-0.2, 0) is 14.8 Å². The van der Waals surface area contributed by atoms with Gasteiger partial charge in [0.05, 0.1) is 0 Å². The zero-order valence-corrected chi connectivity index (χ0v) is 15.2. The predicted molar refractivity (Wildman–Crippen MR) is 98.6 cm³/mol. The smallest absolute Gasteiger partial charge is 0.244 e. The largest absolute Gasteiger partial charge is 0.325 e. The van der Waals surface area contributed by atoms with E-state index in [1.807, 2.05) is 12.3 Å². The van der Waals surface area contributed by atoms with Gasteiger partial charge in [-0.1, -0.05) is 30.3 Å². The molecule has 2 aromatic rings. The van der Waals surface area contributed by atoms with Crippen LogP contribution in [0, 0.1) is 5.82 Å². The number of thioether (sulfide) groups is 1. The summed E-state index contributed by atoms with van der Waals surface area (Å²) in [6.07, 6.45) is 2.14. The van der Waals surface area contributed by atoms with E-state index in [0.717, 1.165) is 6.07 Å². The molecule has 0 saturated heterocycles. The van der Waals surface area contributed by atoms with Crippen LogP contribution in [-0.4, -0.2) is 32.4 Å². The number of benzene rings is 2. The van der Waals surface area contributed by atoms with Crippen molar-refractivity contribution in [2.24, 2.45) is 0 Å². The fourth-order valence-corrected chi connectivity index (χ4v) is 3.92. The number of rotatable bonds is 8. The molecule has 0 radical (unpaired) electrons. The monoisotopic (exact) mass is 382 g/mol.